The lowest BCUT2D eigenvalue weighted by atomic mass is 10.3. The molecule has 1 aromatic rings. The van der Waals surface area contributed by atoms with Gasteiger partial charge in [0, 0.05) is 0 Å². The first kappa shape index (κ1) is 10.4. The van der Waals surface area contributed by atoms with Gasteiger partial charge in [-0.25, -0.2) is 22.3 Å². The summed E-state index contributed by atoms with van der Waals surface area (Å²) >= 11 is 5.19. The van der Waals surface area contributed by atoms with Gasteiger partial charge in [0.05, 0.1) is 5.02 Å². The fourth-order valence-corrected chi connectivity index (χ4v) is 1.47. The highest BCUT2D eigenvalue weighted by Crippen LogP contribution is 2.22. The molecular weight excluding hydrogens is 224 g/mol. The van der Waals surface area contributed by atoms with Gasteiger partial charge in [0.1, 0.15) is 4.90 Å². The van der Waals surface area contributed by atoms with E-state index in [1.807, 2.05) is 0 Å². The van der Waals surface area contributed by atoms with E-state index in [4.69, 9.17) is 11.6 Å². The molecule has 7 heteroatoms. The molecule has 0 aromatic heterocycles. The lowest BCUT2D eigenvalue weighted by molar-refractivity contribution is 0.485. The number of sulfonamides is 1. The Morgan fingerprint density at radius 1 is 1.23 bits per heavy atom. The van der Waals surface area contributed by atoms with E-state index in [0.717, 1.165) is 12.1 Å². The van der Waals surface area contributed by atoms with Crippen molar-refractivity contribution < 1.29 is 17.2 Å². The number of hydrogen-bond donors (Lipinski definition) is 1. The summed E-state index contributed by atoms with van der Waals surface area (Å²) in [6.45, 7) is 0. The molecule has 0 saturated heterocycles. The Bertz CT molecular complexity index is 446. The molecule has 0 aliphatic rings. The van der Waals surface area contributed by atoms with Gasteiger partial charge >= 0.3 is 0 Å². The van der Waals surface area contributed by atoms with E-state index in [9.17, 15) is 17.2 Å². The van der Waals surface area contributed by atoms with Crippen LogP contribution in [-0.4, -0.2) is 8.42 Å². The first-order chi connectivity index (χ1) is 5.84. The van der Waals surface area contributed by atoms with E-state index in [1.54, 1.807) is 0 Å². The molecule has 0 amide bonds. The first-order valence-corrected chi connectivity index (χ1v) is 4.93. The van der Waals surface area contributed by atoms with Crippen molar-refractivity contribution in [1.82, 2.24) is 0 Å². The van der Waals surface area contributed by atoms with Gasteiger partial charge in [0.15, 0.2) is 11.6 Å². The van der Waals surface area contributed by atoms with Crippen LogP contribution >= 0.6 is 11.6 Å². The summed E-state index contributed by atoms with van der Waals surface area (Å²) in [4.78, 5) is -0.908. The summed E-state index contributed by atoms with van der Waals surface area (Å²) in [5.74, 6) is -2.98. The van der Waals surface area contributed by atoms with E-state index in [0.29, 0.717) is 0 Å². The van der Waals surface area contributed by atoms with E-state index in [-0.39, 0.29) is 0 Å². The molecule has 3 nitrogen and oxygen atoms in total. The Hall–Kier alpha value is -0.720. The van der Waals surface area contributed by atoms with Crippen LogP contribution in [-0.2, 0) is 10.0 Å². The molecule has 0 heterocycles. The molecule has 0 aliphatic carbocycles. The van der Waals surface area contributed by atoms with Crippen LogP contribution in [0.25, 0.3) is 0 Å². The summed E-state index contributed by atoms with van der Waals surface area (Å²) in [7, 11) is -4.25. The van der Waals surface area contributed by atoms with Crippen molar-refractivity contribution >= 4 is 21.6 Å². The topological polar surface area (TPSA) is 60.2 Å². The third kappa shape index (κ3) is 1.96. The molecule has 0 unspecified atom stereocenters. The van der Waals surface area contributed by atoms with Crippen LogP contribution in [0.3, 0.4) is 0 Å². The predicted octanol–water partition coefficient (Wildman–Crippen LogP) is 1.27. The molecule has 0 atom stereocenters. The minimum Gasteiger partial charge on any atom is -0.225 e. The summed E-state index contributed by atoms with van der Waals surface area (Å²) in [6, 6.07) is 1.72. The predicted molar refractivity (Wildman–Crippen MR) is 42.7 cm³/mol. The largest absolute Gasteiger partial charge is 0.241 e. The highest BCUT2D eigenvalue weighted by Gasteiger charge is 2.19. The maximum absolute atomic E-state index is 12.8. The zero-order valence-electron chi connectivity index (χ0n) is 6.09. The Morgan fingerprint density at radius 3 is 2.23 bits per heavy atom. The third-order valence-corrected chi connectivity index (χ3v) is 2.53. The summed E-state index contributed by atoms with van der Waals surface area (Å²) < 4.78 is 46.8. The van der Waals surface area contributed by atoms with Crippen molar-refractivity contribution in [2.24, 2.45) is 5.14 Å². The van der Waals surface area contributed by atoms with E-state index in [2.05, 4.69) is 5.14 Å². The van der Waals surface area contributed by atoms with Crippen molar-refractivity contribution in [3.8, 4) is 0 Å². The minimum atomic E-state index is -4.25. The van der Waals surface area contributed by atoms with Crippen molar-refractivity contribution in [1.29, 1.82) is 0 Å². The first-order valence-electron chi connectivity index (χ1n) is 3.00. The molecule has 13 heavy (non-hydrogen) atoms. The Morgan fingerprint density at radius 2 is 1.77 bits per heavy atom. The van der Waals surface area contributed by atoms with Crippen molar-refractivity contribution in [3.05, 3.63) is 28.8 Å². The second kappa shape index (κ2) is 3.21. The van der Waals surface area contributed by atoms with Crippen molar-refractivity contribution in [3.63, 3.8) is 0 Å². The lowest BCUT2D eigenvalue weighted by Gasteiger charge is -2.01. The van der Waals surface area contributed by atoms with Crippen LogP contribution in [0, 0.1) is 11.6 Å². The molecule has 0 aliphatic heterocycles. The van der Waals surface area contributed by atoms with Crippen LogP contribution in [0.1, 0.15) is 0 Å². The number of primary sulfonamides is 1. The fraction of sp³-hybridized carbons (Fsp3) is 0. The molecule has 0 radical (unpaired) electrons. The number of rotatable bonds is 1. The zero-order chi connectivity index (χ0) is 10.2. The summed E-state index contributed by atoms with van der Waals surface area (Å²) in [5, 5.41) is 4.10. The molecule has 1 rings (SSSR count). The van der Waals surface area contributed by atoms with E-state index >= 15 is 0 Å². The fourth-order valence-electron chi connectivity index (χ4n) is 0.728. The van der Waals surface area contributed by atoms with Gasteiger partial charge in [-0.05, 0) is 12.1 Å². The van der Waals surface area contributed by atoms with Gasteiger partial charge in [0.2, 0.25) is 10.0 Å². The number of halogens is 3. The highest BCUT2D eigenvalue weighted by molar-refractivity contribution is 7.89. The van der Waals surface area contributed by atoms with Crippen LogP contribution in [0.15, 0.2) is 17.0 Å². The quantitative estimate of drug-likeness (QED) is 0.735. The normalized spacial score (nSPS) is 11.7. The van der Waals surface area contributed by atoms with E-state index in [1.165, 1.54) is 0 Å². The molecule has 0 fully saturated rings. The maximum atomic E-state index is 12.8. The summed E-state index contributed by atoms with van der Waals surface area (Å²) in [5.41, 5.74) is 0. The minimum absolute atomic E-state index is 0.495. The molecule has 72 valence electrons. The van der Waals surface area contributed by atoms with Gasteiger partial charge < -0.3 is 0 Å². The van der Waals surface area contributed by atoms with Gasteiger partial charge in [-0.1, -0.05) is 11.6 Å². The Balaban J connectivity index is 3.53. The number of nitrogens with two attached hydrogens (primary N) is 1. The monoisotopic (exact) mass is 227 g/mol. The van der Waals surface area contributed by atoms with Crippen LogP contribution in [0.2, 0.25) is 5.02 Å². The van der Waals surface area contributed by atoms with Crippen molar-refractivity contribution in [2.45, 2.75) is 4.90 Å². The van der Waals surface area contributed by atoms with Gasteiger partial charge in [-0.15, -0.1) is 0 Å². The molecule has 2 N–H and O–H groups in total. The van der Waals surface area contributed by atoms with E-state index < -0.39 is 31.6 Å². The third-order valence-electron chi connectivity index (χ3n) is 1.31. The van der Waals surface area contributed by atoms with Crippen LogP contribution in [0.5, 0.6) is 0 Å². The van der Waals surface area contributed by atoms with Gasteiger partial charge in [-0.3, -0.25) is 0 Å². The molecule has 1 aromatic carbocycles. The number of hydrogen-bond acceptors (Lipinski definition) is 2. The molecular formula is C6H4ClF2NO2S. The lowest BCUT2D eigenvalue weighted by Crippen LogP contribution is -2.14. The zero-order valence-corrected chi connectivity index (χ0v) is 7.66. The second-order valence-electron chi connectivity index (χ2n) is 2.22. The Kier molecular flexibility index (Phi) is 2.56. The van der Waals surface area contributed by atoms with Gasteiger partial charge in [-0.2, -0.15) is 0 Å². The van der Waals surface area contributed by atoms with Gasteiger partial charge in [0.25, 0.3) is 0 Å². The smallest absolute Gasteiger partial charge is 0.225 e. The Labute approximate surface area is 78.2 Å². The average molecular weight is 228 g/mol. The van der Waals surface area contributed by atoms with Crippen molar-refractivity contribution in [2.75, 3.05) is 0 Å². The maximum Gasteiger partial charge on any atom is 0.241 e. The van der Waals surface area contributed by atoms with Crippen LogP contribution < -0.4 is 5.14 Å². The number of benzene rings is 1. The summed E-state index contributed by atoms with van der Waals surface area (Å²) in [6.07, 6.45) is 0. The molecule has 0 saturated carbocycles. The molecule has 0 spiro atoms. The second-order valence-corrected chi connectivity index (χ2v) is 4.16. The van der Waals surface area contributed by atoms with Crippen LogP contribution in [0.4, 0.5) is 8.78 Å². The average Bonchev–Trinajstić information content (AvgIpc) is 1.98. The highest BCUT2D eigenvalue weighted by atomic mass is 35.5. The standard InChI is InChI=1S/C6H4ClF2NO2S/c7-3-1-2-4(13(10,11)12)6(9)5(3)8/h1-2H,(H2,10,11,12). The SMILES string of the molecule is NS(=O)(=O)c1ccc(Cl)c(F)c1F. The molecule has 0 bridgehead atoms.